The SMILES string of the molecule is CON1CCC(CC(=O)N2CCCc3c(NC(=O)C(C)C)cccc32)CC1. The van der Waals surface area contributed by atoms with Crippen LogP contribution in [-0.2, 0) is 20.8 Å². The van der Waals surface area contributed by atoms with Gasteiger partial charge in [0.25, 0.3) is 0 Å². The number of anilines is 2. The minimum Gasteiger partial charge on any atom is -0.326 e. The number of carbonyl (C=O) groups is 2. The molecule has 1 N–H and O–H groups in total. The second kappa shape index (κ2) is 8.85. The smallest absolute Gasteiger partial charge is 0.227 e. The molecule has 148 valence electrons. The molecule has 27 heavy (non-hydrogen) atoms. The summed E-state index contributed by atoms with van der Waals surface area (Å²) in [6, 6.07) is 5.87. The van der Waals surface area contributed by atoms with E-state index in [4.69, 9.17) is 4.84 Å². The van der Waals surface area contributed by atoms with Crippen molar-refractivity contribution in [1.82, 2.24) is 5.06 Å². The molecule has 2 heterocycles. The second-order valence-electron chi connectivity index (χ2n) is 7.86. The van der Waals surface area contributed by atoms with Gasteiger partial charge in [-0.1, -0.05) is 19.9 Å². The van der Waals surface area contributed by atoms with Gasteiger partial charge in [0.05, 0.1) is 7.11 Å². The Hall–Kier alpha value is -1.92. The number of amides is 2. The van der Waals surface area contributed by atoms with E-state index in [9.17, 15) is 9.59 Å². The Kier molecular flexibility index (Phi) is 6.50. The number of hydroxylamine groups is 2. The third-order valence-corrected chi connectivity index (χ3v) is 5.63. The van der Waals surface area contributed by atoms with Crippen molar-refractivity contribution in [3.63, 3.8) is 0 Å². The zero-order valence-corrected chi connectivity index (χ0v) is 16.7. The van der Waals surface area contributed by atoms with Crippen LogP contribution in [-0.4, -0.2) is 43.6 Å². The van der Waals surface area contributed by atoms with Crippen LogP contribution in [0, 0.1) is 11.8 Å². The fourth-order valence-corrected chi connectivity index (χ4v) is 3.93. The largest absolute Gasteiger partial charge is 0.326 e. The van der Waals surface area contributed by atoms with E-state index in [0.717, 1.165) is 62.3 Å². The number of piperidine rings is 1. The highest BCUT2D eigenvalue weighted by Gasteiger charge is 2.28. The van der Waals surface area contributed by atoms with E-state index in [1.54, 1.807) is 7.11 Å². The van der Waals surface area contributed by atoms with Crippen molar-refractivity contribution in [2.75, 3.05) is 37.0 Å². The molecule has 0 atom stereocenters. The van der Waals surface area contributed by atoms with Crippen LogP contribution in [0.3, 0.4) is 0 Å². The molecule has 2 aliphatic heterocycles. The molecule has 0 spiro atoms. The van der Waals surface area contributed by atoms with Crippen molar-refractivity contribution in [2.45, 2.75) is 46.0 Å². The average Bonchev–Trinajstić information content (AvgIpc) is 2.68. The zero-order chi connectivity index (χ0) is 19.4. The first-order valence-corrected chi connectivity index (χ1v) is 10.0. The molecule has 6 nitrogen and oxygen atoms in total. The van der Waals surface area contributed by atoms with Crippen molar-refractivity contribution in [2.24, 2.45) is 11.8 Å². The summed E-state index contributed by atoms with van der Waals surface area (Å²) in [4.78, 5) is 32.3. The number of benzene rings is 1. The molecule has 2 aliphatic rings. The number of fused-ring (bicyclic) bond motifs is 1. The van der Waals surface area contributed by atoms with E-state index < -0.39 is 0 Å². The number of hydrogen-bond acceptors (Lipinski definition) is 4. The van der Waals surface area contributed by atoms with E-state index in [2.05, 4.69) is 5.32 Å². The Morgan fingerprint density at radius 1 is 1.22 bits per heavy atom. The molecule has 0 aromatic heterocycles. The van der Waals surface area contributed by atoms with Gasteiger partial charge in [-0.3, -0.25) is 9.59 Å². The molecule has 0 aliphatic carbocycles. The topological polar surface area (TPSA) is 61.9 Å². The van der Waals surface area contributed by atoms with Crippen molar-refractivity contribution < 1.29 is 14.4 Å². The maximum Gasteiger partial charge on any atom is 0.227 e. The Morgan fingerprint density at radius 3 is 2.63 bits per heavy atom. The van der Waals surface area contributed by atoms with Gasteiger partial charge in [-0.05, 0) is 49.3 Å². The molecule has 0 unspecified atom stereocenters. The lowest BCUT2D eigenvalue weighted by Crippen LogP contribution is -2.39. The number of hydrogen-bond donors (Lipinski definition) is 1. The summed E-state index contributed by atoms with van der Waals surface area (Å²) >= 11 is 0. The van der Waals surface area contributed by atoms with Gasteiger partial charge in [0.15, 0.2) is 0 Å². The molecule has 1 saturated heterocycles. The Labute approximate surface area is 161 Å². The minimum atomic E-state index is -0.0693. The summed E-state index contributed by atoms with van der Waals surface area (Å²) in [6.45, 7) is 6.29. The molecule has 0 bridgehead atoms. The van der Waals surface area contributed by atoms with Crippen LogP contribution < -0.4 is 10.2 Å². The van der Waals surface area contributed by atoms with Gasteiger partial charge >= 0.3 is 0 Å². The second-order valence-corrected chi connectivity index (χ2v) is 7.86. The average molecular weight is 373 g/mol. The normalized spacial score (nSPS) is 18.4. The Bertz CT molecular complexity index is 681. The molecule has 1 fully saturated rings. The van der Waals surface area contributed by atoms with E-state index >= 15 is 0 Å². The lowest BCUT2D eigenvalue weighted by Gasteiger charge is -2.34. The standard InChI is InChI=1S/C21H31N3O3/c1-15(2)21(26)22-18-7-4-8-19-17(18)6-5-11-24(19)20(25)14-16-9-12-23(27-3)13-10-16/h4,7-8,15-16H,5-6,9-14H2,1-3H3,(H,22,26). The van der Waals surface area contributed by atoms with Gasteiger partial charge in [-0.2, -0.15) is 5.06 Å². The summed E-state index contributed by atoms with van der Waals surface area (Å²) in [7, 11) is 1.70. The summed E-state index contributed by atoms with van der Waals surface area (Å²) in [5.74, 6) is 0.550. The van der Waals surface area contributed by atoms with Gasteiger partial charge < -0.3 is 15.1 Å². The molecular formula is C21H31N3O3. The van der Waals surface area contributed by atoms with E-state index in [-0.39, 0.29) is 17.7 Å². The third kappa shape index (κ3) is 4.68. The molecular weight excluding hydrogens is 342 g/mol. The van der Waals surface area contributed by atoms with Crippen molar-refractivity contribution in [3.05, 3.63) is 23.8 Å². The van der Waals surface area contributed by atoms with Crippen LogP contribution in [0.4, 0.5) is 11.4 Å². The fourth-order valence-electron chi connectivity index (χ4n) is 3.93. The van der Waals surface area contributed by atoms with Crippen LogP contribution in [0.5, 0.6) is 0 Å². The highest BCUT2D eigenvalue weighted by atomic mass is 16.7. The first-order chi connectivity index (χ1) is 13.0. The molecule has 0 radical (unpaired) electrons. The molecule has 0 saturated carbocycles. The lowest BCUT2D eigenvalue weighted by molar-refractivity contribution is -0.149. The Balaban J connectivity index is 1.70. The van der Waals surface area contributed by atoms with Crippen LogP contribution in [0.2, 0.25) is 0 Å². The van der Waals surface area contributed by atoms with Crippen LogP contribution in [0.1, 0.15) is 45.1 Å². The maximum atomic E-state index is 13.0. The lowest BCUT2D eigenvalue weighted by atomic mass is 9.92. The van der Waals surface area contributed by atoms with Crippen LogP contribution in [0.25, 0.3) is 0 Å². The third-order valence-electron chi connectivity index (χ3n) is 5.63. The Morgan fingerprint density at radius 2 is 1.96 bits per heavy atom. The number of nitrogens with one attached hydrogen (secondary N) is 1. The number of rotatable bonds is 5. The maximum absolute atomic E-state index is 13.0. The predicted molar refractivity (Wildman–Crippen MR) is 107 cm³/mol. The molecule has 1 aromatic carbocycles. The highest BCUT2D eigenvalue weighted by Crippen LogP contribution is 2.34. The number of nitrogens with zero attached hydrogens (tertiary/aromatic N) is 2. The van der Waals surface area contributed by atoms with Gasteiger partial charge in [-0.25, -0.2) is 0 Å². The predicted octanol–water partition coefficient (Wildman–Crippen LogP) is 3.22. The van der Waals surface area contributed by atoms with E-state index in [1.807, 2.05) is 42.0 Å². The van der Waals surface area contributed by atoms with E-state index in [0.29, 0.717) is 12.3 Å². The summed E-state index contributed by atoms with van der Waals surface area (Å²) in [6.07, 6.45) is 4.38. The van der Waals surface area contributed by atoms with E-state index in [1.165, 1.54) is 0 Å². The summed E-state index contributed by atoms with van der Waals surface area (Å²) in [5.41, 5.74) is 2.89. The fraction of sp³-hybridized carbons (Fsp3) is 0.619. The highest BCUT2D eigenvalue weighted by molar-refractivity contribution is 5.98. The molecule has 3 rings (SSSR count). The zero-order valence-electron chi connectivity index (χ0n) is 16.7. The molecule has 6 heteroatoms. The van der Waals surface area contributed by atoms with Gasteiger partial charge in [0, 0.05) is 43.3 Å². The summed E-state index contributed by atoms with van der Waals surface area (Å²) in [5, 5.41) is 4.98. The van der Waals surface area contributed by atoms with Crippen LogP contribution in [0.15, 0.2) is 18.2 Å². The first kappa shape index (κ1) is 19.8. The monoisotopic (exact) mass is 373 g/mol. The molecule has 1 aromatic rings. The van der Waals surface area contributed by atoms with Gasteiger partial charge in [0.2, 0.25) is 11.8 Å². The first-order valence-electron chi connectivity index (χ1n) is 10.0. The minimum absolute atomic E-state index is 0.0109. The van der Waals surface area contributed by atoms with Crippen molar-refractivity contribution >= 4 is 23.2 Å². The molecule has 2 amide bonds. The van der Waals surface area contributed by atoms with Crippen LogP contribution >= 0.6 is 0 Å². The quantitative estimate of drug-likeness (QED) is 0.861. The van der Waals surface area contributed by atoms with Crippen molar-refractivity contribution in [3.8, 4) is 0 Å². The van der Waals surface area contributed by atoms with Gasteiger partial charge in [-0.15, -0.1) is 0 Å². The number of carbonyl (C=O) groups excluding carboxylic acids is 2. The summed E-state index contributed by atoms with van der Waals surface area (Å²) < 4.78 is 0. The van der Waals surface area contributed by atoms with Crippen molar-refractivity contribution in [1.29, 1.82) is 0 Å². The van der Waals surface area contributed by atoms with Gasteiger partial charge in [0.1, 0.15) is 0 Å².